The van der Waals surface area contributed by atoms with Gasteiger partial charge in [-0.1, -0.05) is 54.6 Å². The predicted octanol–water partition coefficient (Wildman–Crippen LogP) is 9.64. The molecule has 6 aromatic heterocycles. The van der Waals surface area contributed by atoms with Crippen molar-refractivity contribution in [2.75, 3.05) is 0 Å². The Bertz CT molecular complexity index is 2100. The van der Waals surface area contributed by atoms with Crippen LogP contribution in [0.5, 0.6) is 5.75 Å². The van der Waals surface area contributed by atoms with Gasteiger partial charge in [-0.25, -0.2) is 9.97 Å². The third-order valence-corrected chi connectivity index (χ3v) is 8.18. The van der Waals surface area contributed by atoms with E-state index in [0.29, 0.717) is 6.61 Å². The normalized spacial score (nSPS) is 10.9. The van der Waals surface area contributed by atoms with Gasteiger partial charge in [0.05, 0.1) is 45.6 Å². The van der Waals surface area contributed by atoms with E-state index in [9.17, 15) is 0 Å². The maximum absolute atomic E-state index is 6.50. The monoisotopic (exact) mass is 646 g/mol. The Balaban J connectivity index is 1.31. The van der Waals surface area contributed by atoms with E-state index in [4.69, 9.17) is 14.7 Å². The summed E-state index contributed by atoms with van der Waals surface area (Å²) < 4.78 is 6.50. The van der Waals surface area contributed by atoms with Gasteiger partial charge in [-0.05, 0) is 119 Å². The van der Waals surface area contributed by atoms with E-state index in [1.54, 1.807) is 24.8 Å². The number of aromatic nitrogens is 6. The SMILES string of the molecule is c1ccc(COc2cc(-c3cc(-c4ccccn4)nc(-c4ccccn4)c3)cc(-c3cc(-c4ccccn4)nc(-c4ccccn4)c3)c2)cc1. The highest BCUT2D eigenvalue weighted by molar-refractivity contribution is 5.82. The van der Waals surface area contributed by atoms with Gasteiger partial charge in [0.25, 0.3) is 0 Å². The topological polar surface area (TPSA) is 86.6 Å². The second-order valence-electron chi connectivity index (χ2n) is 11.6. The van der Waals surface area contributed by atoms with Gasteiger partial charge in [-0.15, -0.1) is 0 Å². The van der Waals surface area contributed by atoms with Crippen molar-refractivity contribution in [1.29, 1.82) is 0 Å². The van der Waals surface area contributed by atoms with Gasteiger partial charge in [0, 0.05) is 24.8 Å². The van der Waals surface area contributed by atoms with E-state index in [-0.39, 0.29) is 0 Å². The molecule has 2 aromatic carbocycles. The van der Waals surface area contributed by atoms with E-state index in [1.807, 2.05) is 91.0 Å². The Morgan fingerprint density at radius 3 is 1.06 bits per heavy atom. The minimum absolute atomic E-state index is 0.424. The Morgan fingerprint density at radius 2 is 0.700 bits per heavy atom. The van der Waals surface area contributed by atoms with E-state index < -0.39 is 0 Å². The van der Waals surface area contributed by atoms with Crippen molar-refractivity contribution in [1.82, 2.24) is 29.9 Å². The summed E-state index contributed by atoms with van der Waals surface area (Å²) in [5.41, 5.74) is 11.0. The maximum atomic E-state index is 6.50. The quantitative estimate of drug-likeness (QED) is 0.154. The number of hydrogen-bond acceptors (Lipinski definition) is 7. The molecule has 0 aliphatic rings. The van der Waals surface area contributed by atoms with Crippen LogP contribution in [0.4, 0.5) is 0 Å². The molecule has 0 bridgehead atoms. The first kappa shape index (κ1) is 30.5. The zero-order valence-electron chi connectivity index (χ0n) is 27.0. The molecule has 0 spiro atoms. The zero-order chi connectivity index (χ0) is 33.5. The minimum Gasteiger partial charge on any atom is -0.489 e. The lowest BCUT2D eigenvalue weighted by Crippen LogP contribution is -1.98. The van der Waals surface area contributed by atoms with E-state index in [1.165, 1.54) is 0 Å². The third kappa shape index (κ3) is 6.88. The fourth-order valence-electron chi connectivity index (χ4n) is 5.73. The van der Waals surface area contributed by atoms with E-state index >= 15 is 0 Å². The molecule has 8 rings (SSSR count). The van der Waals surface area contributed by atoms with Crippen LogP contribution in [0.3, 0.4) is 0 Å². The second kappa shape index (κ2) is 14.1. The molecular weight excluding hydrogens is 617 g/mol. The molecule has 0 aliphatic carbocycles. The minimum atomic E-state index is 0.424. The summed E-state index contributed by atoms with van der Waals surface area (Å²) in [5, 5.41) is 0. The van der Waals surface area contributed by atoms with Gasteiger partial charge in [0.15, 0.2) is 0 Å². The molecule has 0 atom stereocenters. The third-order valence-electron chi connectivity index (χ3n) is 8.18. The van der Waals surface area contributed by atoms with Crippen LogP contribution < -0.4 is 4.74 Å². The predicted molar refractivity (Wildman–Crippen MR) is 197 cm³/mol. The van der Waals surface area contributed by atoms with E-state index in [0.717, 1.165) is 79.1 Å². The lowest BCUT2D eigenvalue weighted by atomic mass is 9.96. The number of benzene rings is 2. The van der Waals surface area contributed by atoms with Gasteiger partial charge < -0.3 is 4.74 Å². The molecule has 0 saturated heterocycles. The highest BCUT2D eigenvalue weighted by Gasteiger charge is 2.15. The molecule has 0 fully saturated rings. The average Bonchev–Trinajstić information content (AvgIpc) is 3.21. The zero-order valence-corrected chi connectivity index (χ0v) is 27.0. The highest BCUT2D eigenvalue weighted by Crippen LogP contribution is 2.37. The number of rotatable bonds is 9. The number of ether oxygens (including phenoxy) is 1. The van der Waals surface area contributed by atoms with Crippen LogP contribution in [0.15, 0.2) is 170 Å². The summed E-state index contributed by atoms with van der Waals surface area (Å²) in [6.07, 6.45) is 7.12. The smallest absolute Gasteiger partial charge is 0.121 e. The molecule has 50 heavy (non-hydrogen) atoms. The average molecular weight is 647 g/mol. The molecule has 0 N–H and O–H groups in total. The van der Waals surface area contributed by atoms with Gasteiger partial charge in [0.1, 0.15) is 12.4 Å². The van der Waals surface area contributed by atoms with Crippen molar-refractivity contribution >= 4 is 0 Å². The van der Waals surface area contributed by atoms with Gasteiger partial charge in [-0.2, -0.15) is 0 Å². The maximum Gasteiger partial charge on any atom is 0.121 e. The molecule has 7 heteroatoms. The molecule has 0 amide bonds. The molecule has 6 heterocycles. The summed E-state index contributed by atoms with van der Waals surface area (Å²) in [4.78, 5) is 28.4. The summed E-state index contributed by atoms with van der Waals surface area (Å²) in [5.74, 6) is 0.729. The first-order valence-electron chi connectivity index (χ1n) is 16.3. The Labute approximate surface area is 290 Å². The van der Waals surface area contributed by atoms with Gasteiger partial charge >= 0.3 is 0 Å². The number of nitrogens with zero attached hydrogens (tertiary/aromatic N) is 6. The van der Waals surface area contributed by atoms with Crippen molar-refractivity contribution in [3.05, 3.63) is 176 Å². The Hall–Kier alpha value is -6.86. The van der Waals surface area contributed by atoms with Crippen LogP contribution in [0.1, 0.15) is 5.56 Å². The fourth-order valence-corrected chi connectivity index (χ4v) is 5.73. The highest BCUT2D eigenvalue weighted by atomic mass is 16.5. The number of hydrogen-bond donors (Lipinski definition) is 0. The van der Waals surface area contributed by atoms with Crippen molar-refractivity contribution in [2.24, 2.45) is 0 Å². The van der Waals surface area contributed by atoms with Gasteiger partial charge in [-0.3, -0.25) is 19.9 Å². The van der Waals surface area contributed by atoms with Crippen molar-refractivity contribution in [3.63, 3.8) is 0 Å². The van der Waals surface area contributed by atoms with Crippen molar-refractivity contribution in [3.8, 4) is 73.6 Å². The summed E-state index contributed by atoms with van der Waals surface area (Å²) in [6, 6.07) is 48.1. The van der Waals surface area contributed by atoms with E-state index in [2.05, 4.69) is 74.5 Å². The lowest BCUT2D eigenvalue weighted by molar-refractivity contribution is 0.306. The molecule has 8 aromatic rings. The van der Waals surface area contributed by atoms with Crippen LogP contribution in [0.25, 0.3) is 67.8 Å². The molecule has 0 radical (unpaired) electrons. The van der Waals surface area contributed by atoms with Crippen LogP contribution in [-0.2, 0) is 6.61 Å². The Morgan fingerprint density at radius 1 is 0.340 bits per heavy atom. The first-order chi connectivity index (χ1) is 24.7. The molecule has 7 nitrogen and oxygen atoms in total. The summed E-state index contributed by atoms with van der Waals surface area (Å²) in [6.45, 7) is 0.424. The van der Waals surface area contributed by atoms with Crippen LogP contribution in [0.2, 0.25) is 0 Å². The molecule has 238 valence electrons. The van der Waals surface area contributed by atoms with Crippen molar-refractivity contribution in [2.45, 2.75) is 6.61 Å². The molecule has 0 unspecified atom stereocenters. The standard InChI is InChI=1S/C43H30N6O/c1-2-12-30(13-3-1)29-50-35-23-31(33-25-40(36-14-4-8-18-44-36)48-41(26-33)37-15-5-9-19-45-37)22-32(24-35)34-27-42(38-16-6-10-20-46-38)49-43(28-34)39-17-7-11-21-47-39/h1-28H,29H2. The van der Waals surface area contributed by atoms with Crippen LogP contribution >= 0.6 is 0 Å². The van der Waals surface area contributed by atoms with Crippen LogP contribution in [-0.4, -0.2) is 29.9 Å². The second-order valence-corrected chi connectivity index (χ2v) is 11.6. The first-order valence-corrected chi connectivity index (χ1v) is 16.3. The number of pyridine rings is 6. The summed E-state index contributed by atoms with van der Waals surface area (Å²) in [7, 11) is 0. The lowest BCUT2D eigenvalue weighted by Gasteiger charge is -2.15. The Kier molecular flexibility index (Phi) is 8.59. The van der Waals surface area contributed by atoms with Crippen LogP contribution in [0, 0.1) is 0 Å². The molecular formula is C43H30N6O. The fraction of sp³-hybridized carbons (Fsp3) is 0.0233. The molecule has 0 saturated carbocycles. The van der Waals surface area contributed by atoms with Gasteiger partial charge in [0.2, 0.25) is 0 Å². The van der Waals surface area contributed by atoms with Crippen molar-refractivity contribution < 1.29 is 4.74 Å². The molecule has 0 aliphatic heterocycles. The summed E-state index contributed by atoms with van der Waals surface area (Å²) >= 11 is 0. The largest absolute Gasteiger partial charge is 0.489 e.